The van der Waals surface area contributed by atoms with Gasteiger partial charge in [0.1, 0.15) is 5.82 Å². The fraction of sp³-hybridized carbons (Fsp3) is 0.462. The van der Waals surface area contributed by atoms with Gasteiger partial charge in [-0.1, -0.05) is 0 Å². The molecule has 2 heterocycles. The number of aromatic nitrogens is 3. The second-order valence-electron chi connectivity index (χ2n) is 4.71. The number of aliphatic hydroxyl groups is 1. The van der Waals surface area contributed by atoms with Crippen LogP contribution in [0.5, 0.6) is 0 Å². The van der Waals surface area contributed by atoms with Gasteiger partial charge in [0.2, 0.25) is 10.0 Å². The number of hydrogen-bond acceptors (Lipinski definition) is 4. The van der Waals surface area contributed by atoms with Gasteiger partial charge in [-0.25, -0.2) is 18.1 Å². The summed E-state index contributed by atoms with van der Waals surface area (Å²) in [5.74, 6) is 0.819. The molecule has 0 radical (unpaired) electrons. The predicted molar refractivity (Wildman–Crippen MR) is 78.1 cm³/mol. The van der Waals surface area contributed by atoms with Crippen molar-refractivity contribution in [1.82, 2.24) is 18.8 Å². The Bertz CT molecular complexity index is 681. The summed E-state index contributed by atoms with van der Waals surface area (Å²) in [6.45, 7) is 2.60. The van der Waals surface area contributed by atoms with Gasteiger partial charge in [0.25, 0.3) is 0 Å². The fourth-order valence-electron chi connectivity index (χ4n) is 2.12. The van der Waals surface area contributed by atoms with E-state index in [1.54, 1.807) is 10.8 Å². The lowest BCUT2D eigenvalue weighted by Crippen LogP contribution is -2.26. The Labute approximate surface area is 124 Å². The van der Waals surface area contributed by atoms with E-state index >= 15 is 0 Å². The van der Waals surface area contributed by atoms with Gasteiger partial charge in [0.15, 0.2) is 0 Å². The number of nitrogens with zero attached hydrogens (tertiary/aromatic N) is 3. The molecule has 0 aliphatic carbocycles. The zero-order valence-electron chi connectivity index (χ0n) is 12.2. The number of nitrogens with one attached hydrogen (secondary N) is 1. The quantitative estimate of drug-likeness (QED) is 0.767. The van der Waals surface area contributed by atoms with Crippen LogP contribution >= 0.6 is 0 Å². The number of hydrogen-bond donors (Lipinski definition) is 2. The third-order valence-electron chi connectivity index (χ3n) is 3.34. The smallest absolute Gasteiger partial charge is 0.242 e. The Hall–Kier alpha value is -1.64. The minimum absolute atomic E-state index is 0.174. The first-order valence-electron chi connectivity index (χ1n) is 6.73. The fourth-order valence-corrected chi connectivity index (χ4v) is 3.21. The molecule has 0 unspecified atom stereocenters. The Kier molecular flexibility index (Phi) is 4.81. The van der Waals surface area contributed by atoms with E-state index < -0.39 is 10.0 Å². The van der Waals surface area contributed by atoms with Crippen molar-refractivity contribution in [3.8, 4) is 0 Å². The predicted octanol–water partition coefficient (Wildman–Crippen LogP) is 0.255. The van der Waals surface area contributed by atoms with Gasteiger partial charge in [-0.3, -0.25) is 0 Å². The first-order valence-corrected chi connectivity index (χ1v) is 8.22. The number of sulfonamides is 1. The normalized spacial score (nSPS) is 12.0. The number of imidazole rings is 1. The zero-order valence-corrected chi connectivity index (χ0v) is 13.0. The Morgan fingerprint density at radius 2 is 2.19 bits per heavy atom. The Morgan fingerprint density at radius 1 is 1.43 bits per heavy atom. The van der Waals surface area contributed by atoms with Gasteiger partial charge in [-0.05, 0) is 13.0 Å². The van der Waals surface area contributed by atoms with Crippen LogP contribution in [-0.4, -0.2) is 34.2 Å². The molecule has 0 aliphatic rings. The summed E-state index contributed by atoms with van der Waals surface area (Å²) in [5.41, 5.74) is 0.585. The molecule has 2 aromatic rings. The van der Waals surface area contributed by atoms with Crippen LogP contribution < -0.4 is 4.72 Å². The molecule has 7 nitrogen and oxygen atoms in total. The molecule has 0 spiro atoms. The lowest BCUT2D eigenvalue weighted by molar-refractivity contribution is 0.271. The van der Waals surface area contributed by atoms with Crippen LogP contribution in [0.2, 0.25) is 0 Å². The highest BCUT2D eigenvalue weighted by molar-refractivity contribution is 7.89. The standard InChI is InChI=1S/C13H20N4O3S/c1-3-17-9-12(8-11(17)10-18)21(19,20)15-5-4-13-14-6-7-16(13)2/h6-9,15,18H,3-5,10H2,1-2H3. The highest BCUT2D eigenvalue weighted by atomic mass is 32.2. The van der Waals surface area contributed by atoms with Gasteiger partial charge in [0, 0.05) is 50.8 Å². The molecule has 0 saturated carbocycles. The van der Waals surface area contributed by atoms with E-state index in [0.29, 0.717) is 18.7 Å². The van der Waals surface area contributed by atoms with Gasteiger partial charge < -0.3 is 14.2 Å². The van der Waals surface area contributed by atoms with Crippen molar-refractivity contribution in [3.05, 3.63) is 36.2 Å². The minimum Gasteiger partial charge on any atom is -0.390 e. The molecule has 0 bridgehead atoms. The summed E-state index contributed by atoms with van der Waals surface area (Å²) >= 11 is 0. The molecule has 0 atom stereocenters. The van der Waals surface area contributed by atoms with Crippen LogP contribution in [-0.2, 0) is 36.6 Å². The minimum atomic E-state index is -3.57. The zero-order chi connectivity index (χ0) is 15.5. The highest BCUT2D eigenvalue weighted by Gasteiger charge is 2.17. The third-order valence-corrected chi connectivity index (χ3v) is 4.76. The Morgan fingerprint density at radius 3 is 2.71 bits per heavy atom. The van der Waals surface area contributed by atoms with Gasteiger partial charge >= 0.3 is 0 Å². The van der Waals surface area contributed by atoms with Crippen molar-refractivity contribution in [1.29, 1.82) is 0 Å². The second-order valence-corrected chi connectivity index (χ2v) is 6.48. The third kappa shape index (κ3) is 3.52. The molecular formula is C13H20N4O3S. The first-order chi connectivity index (χ1) is 9.97. The van der Waals surface area contributed by atoms with Crippen LogP contribution in [0.1, 0.15) is 18.4 Å². The summed E-state index contributed by atoms with van der Waals surface area (Å²) < 4.78 is 30.5. The van der Waals surface area contributed by atoms with Crippen LogP contribution in [0.25, 0.3) is 0 Å². The summed E-state index contributed by atoms with van der Waals surface area (Å²) in [6.07, 6.45) is 5.55. The molecule has 0 amide bonds. The molecule has 21 heavy (non-hydrogen) atoms. The SMILES string of the molecule is CCn1cc(S(=O)(=O)NCCc2nccn2C)cc1CO. The van der Waals surface area contributed by atoms with Gasteiger partial charge in [0.05, 0.1) is 11.5 Å². The number of aliphatic hydroxyl groups excluding tert-OH is 1. The molecule has 116 valence electrons. The van der Waals surface area contributed by atoms with Crippen LogP contribution in [0.15, 0.2) is 29.6 Å². The van der Waals surface area contributed by atoms with E-state index in [-0.39, 0.29) is 18.0 Å². The molecule has 2 rings (SSSR count). The maximum atomic E-state index is 12.2. The summed E-state index contributed by atoms with van der Waals surface area (Å²) in [6, 6.07) is 1.49. The van der Waals surface area contributed by atoms with Crippen molar-refractivity contribution in [2.75, 3.05) is 6.54 Å². The van der Waals surface area contributed by atoms with Crippen molar-refractivity contribution in [2.45, 2.75) is 31.4 Å². The summed E-state index contributed by atoms with van der Waals surface area (Å²) in [4.78, 5) is 4.32. The van der Waals surface area contributed by atoms with E-state index in [2.05, 4.69) is 9.71 Å². The van der Waals surface area contributed by atoms with E-state index in [4.69, 9.17) is 0 Å². The lowest BCUT2D eigenvalue weighted by Gasteiger charge is -2.05. The maximum Gasteiger partial charge on any atom is 0.242 e. The van der Waals surface area contributed by atoms with Crippen molar-refractivity contribution >= 4 is 10.0 Å². The second kappa shape index (κ2) is 6.42. The topological polar surface area (TPSA) is 89.2 Å². The van der Waals surface area contributed by atoms with Crippen molar-refractivity contribution < 1.29 is 13.5 Å². The summed E-state index contributed by atoms with van der Waals surface area (Å²) in [5, 5.41) is 9.21. The molecule has 0 aromatic carbocycles. The van der Waals surface area contributed by atoms with E-state index in [1.807, 2.05) is 24.7 Å². The number of rotatable bonds is 7. The average Bonchev–Trinajstić information content (AvgIpc) is 3.05. The number of aryl methyl sites for hydroxylation is 2. The molecule has 0 fully saturated rings. The molecule has 0 aliphatic heterocycles. The van der Waals surface area contributed by atoms with Gasteiger partial charge in [-0.15, -0.1) is 0 Å². The van der Waals surface area contributed by atoms with Crippen LogP contribution in [0, 0.1) is 0 Å². The molecule has 2 N–H and O–H groups in total. The molecule has 8 heteroatoms. The molecule has 0 saturated heterocycles. The van der Waals surface area contributed by atoms with Crippen molar-refractivity contribution in [3.63, 3.8) is 0 Å². The lowest BCUT2D eigenvalue weighted by atomic mass is 10.4. The largest absolute Gasteiger partial charge is 0.390 e. The van der Waals surface area contributed by atoms with Crippen molar-refractivity contribution in [2.24, 2.45) is 7.05 Å². The van der Waals surface area contributed by atoms with Gasteiger partial charge in [-0.2, -0.15) is 0 Å². The van der Waals surface area contributed by atoms with Crippen LogP contribution in [0.4, 0.5) is 0 Å². The molecule has 2 aromatic heterocycles. The maximum absolute atomic E-state index is 12.2. The van der Waals surface area contributed by atoms with Crippen LogP contribution in [0.3, 0.4) is 0 Å². The summed E-state index contributed by atoms with van der Waals surface area (Å²) in [7, 11) is -1.70. The Balaban J connectivity index is 2.04. The highest BCUT2D eigenvalue weighted by Crippen LogP contribution is 2.14. The first kappa shape index (κ1) is 15.7. The molecular weight excluding hydrogens is 292 g/mol. The van der Waals surface area contributed by atoms with E-state index in [9.17, 15) is 13.5 Å². The monoisotopic (exact) mass is 312 g/mol. The van der Waals surface area contributed by atoms with E-state index in [1.165, 1.54) is 12.3 Å². The average molecular weight is 312 g/mol. The van der Waals surface area contributed by atoms with E-state index in [0.717, 1.165) is 5.82 Å².